The van der Waals surface area contributed by atoms with Gasteiger partial charge >= 0.3 is 0 Å². The van der Waals surface area contributed by atoms with Gasteiger partial charge < -0.3 is 15.7 Å². The fourth-order valence-electron chi connectivity index (χ4n) is 2.06. The molecule has 5 heteroatoms. The summed E-state index contributed by atoms with van der Waals surface area (Å²) in [5.41, 5.74) is 5.41. The van der Waals surface area contributed by atoms with Crippen molar-refractivity contribution >= 4 is 22.4 Å². The Morgan fingerprint density at radius 2 is 2.21 bits per heavy atom. The molecule has 2 rings (SSSR count). The van der Waals surface area contributed by atoms with Crippen LogP contribution >= 0.6 is 0 Å². The summed E-state index contributed by atoms with van der Waals surface area (Å²) < 4.78 is 0. The zero-order chi connectivity index (χ0) is 13.8. The number of nitrogens with one attached hydrogen (secondary N) is 1. The molecule has 1 heterocycles. The van der Waals surface area contributed by atoms with Crippen LogP contribution in [0.25, 0.3) is 10.8 Å². The predicted molar refractivity (Wildman–Crippen MR) is 77.8 cm³/mol. The highest BCUT2D eigenvalue weighted by molar-refractivity contribution is 5.93. The summed E-state index contributed by atoms with van der Waals surface area (Å²) in [6, 6.07) is 7.16. The number of phenols is 1. The van der Waals surface area contributed by atoms with Gasteiger partial charge in [0.15, 0.2) is 0 Å². The Balaban J connectivity index is 2.41. The van der Waals surface area contributed by atoms with Crippen molar-refractivity contribution in [2.24, 2.45) is 5.73 Å². The summed E-state index contributed by atoms with van der Waals surface area (Å²) in [5, 5.41) is 18.9. The van der Waals surface area contributed by atoms with Crippen LogP contribution in [-0.2, 0) is 0 Å². The predicted octanol–water partition coefficient (Wildman–Crippen LogP) is 2.09. The maximum absolute atomic E-state index is 9.63. The van der Waals surface area contributed by atoms with Crippen molar-refractivity contribution in [3.63, 3.8) is 0 Å². The number of phenolic OH excluding ortho intramolecular Hbond substituents is 1. The molecule has 0 aliphatic rings. The molecule has 0 radical (unpaired) electrons. The van der Waals surface area contributed by atoms with Gasteiger partial charge in [0, 0.05) is 31.1 Å². The molecule has 0 atom stereocenters. The van der Waals surface area contributed by atoms with Crippen LogP contribution in [0.1, 0.15) is 13.3 Å². The van der Waals surface area contributed by atoms with Crippen molar-refractivity contribution < 1.29 is 5.11 Å². The minimum atomic E-state index is 0.168. The Morgan fingerprint density at radius 1 is 1.42 bits per heavy atom. The molecule has 100 valence electrons. The second-order valence-electron chi connectivity index (χ2n) is 4.39. The summed E-state index contributed by atoms with van der Waals surface area (Å²) >= 11 is 0. The lowest BCUT2D eigenvalue weighted by atomic mass is 10.1. The van der Waals surface area contributed by atoms with E-state index in [1.165, 1.54) is 0 Å². The molecule has 0 aliphatic heterocycles. The third kappa shape index (κ3) is 2.93. The topological polar surface area (TPSA) is 86.2 Å². The molecular formula is C14H18N4O. The fourth-order valence-corrected chi connectivity index (χ4v) is 2.06. The van der Waals surface area contributed by atoms with E-state index in [1.807, 2.05) is 19.1 Å². The lowest BCUT2D eigenvalue weighted by molar-refractivity contribution is 0.476. The molecule has 19 heavy (non-hydrogen) atoms. The average molecular weight is 258 g/mol. The largest absolute Gasteiger partial charge is 0.508 e. The van der Waals surface area contributed by atoms with E-state index in [1.54, 1.807) is 18.3 Å². The van der Waals surface area contributed by atoms with Crippen LogP contribution in [0, 0.1) is 5.41 Å². The Kier molecular flexibility index (Phi) is 3.85. The normalized spacial score (nSPS) is 10.6. The number of benzene rings is 1. The molecule has 5 nitrogen and oxygen atoms in total. The number of hydrogen-bond donors (Lipinski definition) is 3. The van der Waals surface area contributed by atoms with Gasteiger partial charge in [0.1, 0.15) is 11.6 Å². The zero-order valence-electron chi connectivity index (χ0n) is 10.9. The van der Waals surface area contributed by atoms with Crippen molar-refractivity contribution in [3.8, 4) is 5.75 Å². The highest BCUT2D eigenvalue weighted by Crippen LogP contribution is 2.27. The Bertz CT molecular complexity index is 597. The van der Waals surface area contributed by atoms with Crippen LogP contribution in [0.15, 0.2) is 30.5 Å². The Hall–Kier alpha value is -2.30. The highest BCUT2D eigenvalue weighted by atomic mass is 16.3. The number of nitrogens with zero attached hydrogens (tertiary/aromatic N) is 2. The highest BCUT2D eigenvalue weighted by Gasteiger charge is 2.10. The summed E-state index contributed by atoms with van der Waals surface area (Å²) in [4.78, 5) is 6.46. The molecular weight excluding hydrogens is 240 g/mol. The van der Waals surface area contributed by atoms with Gasteiger partial charge in [0.2, 0.25) is 0 Å². The third-order valence-corrected chi connectivity index (χ3v) is 3.06. The van der Waals surface area contributed by atoms with Gasteiger partial charge in [-0.1, -0.05) is 6.07 Å². The molecule has 1 aromatic carbocycles. The summed E-state index contributed by atoms with van der Waals surface area (Å²) in [6.07, 6.45) is 2.26. The first-order chi connectivity index (χ1) is 9.11. The molecule has 1 aromatic heterocycles. The second-order valence-corrected chi connectivity index (χ2v) is 4.39. The number of anilines is 1. The summed E-state index contributed by atoms with van der Waals surface area (Å²) in [7, 11) is 0. The molecule has 0 spiro atoms. The van der Waals surface area contributed by atoms with Crippen LogP contribution in [0.5, 0.6) is 5.75 Å². The Morgan fingerprint density at radius 3 is 2.89 bits per heavy atom. The van der Waals surface area contributed by atoms with E-state index >= 15 is 0 Å². The fraction of sp³-hybridized carbons (Fsp3) is 0.286. The van der Waals surface area contributed by atoms with Crippen molar-refractivity contribution in [3.05, 3.63) is 30.5 Å². The quantitative estimate of drug-likeness (QED) is 0.566. The van der Waals surface area contributed by atoms with E-state index in [9.17, 15) is 5.11 Å². The average Bonchev–Trinajstić information content (AvgIpc) is 2.39. The van der Waals surface area contributed by atoms with Gasteiger partial charge in [-0.05, 0) is 30.5 Å². The van der Waals surface area contributed by atoms with E-state index < -0.39 is 0 Å². The molecule has 0 aliphatic carbocycles. The van der Waals surface area contributed by atoms with Gasteiger partial charge in [0.05, 0.1) is 5.84 Å². The number of amidine groups is 1. The van der Waals surface area contributed by atoms with E-state index in [4.69, 9.17) is 11.1 Å². The van der Waals surface area contributed by atoms with Crippen molar-refractivity contribution in [1.29, 1.82) is 5.41 Å². The molecule has 0 bridgehead atoms. The molecule has 4 N–H and O–H groups in total. The second kappa shape index (κ2) is 5.56. The lowest BCUT2D eigenvalue weighted by Gasteiger charge is -2.23. The monoisotopic (exact) mass is 258 g/mol. The number of hydrogen-bond acceptors (Lipinski definition) is 4. The maximum atomic E-state index is 9.63. The minimum absolute atomic E-state index is 0.168. The van der Waals surface area contributed by atoms with Gasteiger partial charge in [-0.3, -0.25) is 5.41 Å². The van der Waals surface area contributed by atoms with Crippen molar-refractivity contribution in [1.82, 2.24) is 4.98 Å². The lowest BCUT2D eigenvalue weighted by Crippen LogP contribution is -2.28. The van der Waals surface area contributed by atoms with Crippen molar-refractivity contribution in [2.45, 2.75) is 13.3 Å². The van der Waals surface area contributed by atoms with Crippen molar-refractivity contribution in [2.75, 3.05) is 18.0 Å². The molecule has 0 fully saturated rings. The van der Waals surface area contributed by atoms with Crippen LogP contribution in [0.3, 0.4) is 0 Å². The number of pyridine rings is 1. The molecule has 0 saturated carbocycles. The van der Waals surface area contributed by atoms with Gasteiger partial charge in [-0.15, -0.1) is 0 Å². The number of rotatable bonds is 5. The number of nitrogens with two attached hydrogens (primary N) is 1. The van der Waals surface area contributed by atoms with Gasteiger partial charge in [-0.2, -0.15) is 0 Å². The molecule has 0 amide bonds. The van der Waals surface area contributed by atoms with Gasteiger partial charge in [0.25, 0.3) is 0 Å². The van der Waals surface area contributed by atoms with Crippen LogP contribution in [-0.4, -0.2) is 29.0 Å². The third-order valence-electron chi connectivity index (χ3n) is 3.06. The van der Waals surface area contributed by atoms with Gasteiger partial charge in [-0.25, -0.2) is 4.98 Å². The van der Waals surface area contributed by atoms with E-state index in [2.05, 4.69) is 9.88 Å². The molecule has 0 unspecified atom stereocenters. The first-order valence-corrected chi connectivity index (χ1v) is 6.27. The number of aromatic nitrogens is 1. The molecule has 0 saturated heterocycles. The maximum Gasteiger partial charge on any atom is 0.136 e. The SMILES string of the molecule is CCN(CCC(=N)N)c1nccc2ccc(O)cc12. The minimum Gasteiger partial charge on any atom is -0.508 e. The summed E-state index contributed by atoms with van der Waals surface area (Å²) in [5.74, 6) is 1.21. The van der Waals surface area contributed by atoms with E-state index in [-0.39, 0.29) is 11.6 Å². The smallest absolute Gasteiger partial charge is 0.136 e. The zero-order valence-corrected chi connectivity index (χ0v) is 10.9. The van der Waals surface area contributed by atoms with E-state index in [0.29, 0.717) is 13.0 Å². The Labute approximate surface area is 112 Å². The van der Waals surface area contributed by atoms with Crippen LogP contribution in [0.4, 0.5) is 5.82 Å². The first-order valence-electron chi connectivity index (χ1n) is 6.27. The molecule has 2 aromatic rings. The number of aromatic hydroxyl groups is 1. The first kappa shape index (κ1) is 13.1. The van der Waals surface area contributed by atoms with Crippen LogP contribution in [0.2, 0.25) is 0 Å². The van der Waals surface area contributed by atoms with E-state index in [0.717, 1.165) is 23.1 Å². The standard InChI is InChI=1S/C14H18N4O/c1-2-18(8-6-13(15)16)14-12-9-11(19)4-3-10(12)5-7-17-14/h3-5,7,9,19H,2,6,8H2,1H3,(H3,15,16). The van der Waals surface area contributed by atoms with Crippen LogP contribution < -0.4 is 10.6 Å². The number of fused-ring (bicyclic) bond motifs is 1. The summed E-state index contributed by atoms with van der Waals surface area (Å²) in [6.45, 7) is 3.45.